The third-order valence-electron chi connectivity index (χ3n) is 14.4. The van der Waals surface area contributed by atoms with Gasteiger partial charge in [0.2, 0.25) is 0 Å². The number of rotatable bonds is 14. The second-order valence-electron chi connectivity index (χ2n) is 19.8. The van der Waals surface area contributed by atoms with E-state index in [1.165, 1.54) is 158 Å². The molecular weight excluding hydrogens is 744 g/mol. The second-order valence-corrected chi connectivity index (χ2v) is 20.9. The van der Waals surface area contributed by atoms with Gasteiger partial charge in [-0.15, -0.1) is 11.3 Å². The maximum absolute atomic E-state index is 2.74. The van der Waals surface area contributed by atoms with Crippen molar-refractivity contribution in [2.45, 2.75) is 156 Å². The van der Waals surface area contributed by atoms with Crippen molar-refractivity contribution in [3.63, 3.8) is 0 Å². The molecule has 0 fully saturated rings. The van der Waals surface area contributed by atoms with Gasteiger partial charge in [-0.25, -0.2) is 0 Å². The fourth-order valence-electron chi connectivity index (χ4n) is 10.7. The standard InChI is InChI=1S/C56H67BN2S/c1-9-13-17-38-21-25-42(26-22-38)58-48-30-24-39(18-14-10-2)33-47(48)57-52-49(58)34-41(20-16-12-4)35-50(52)59(43-27-29-45-46(37-43)56(7,8)32-31-55(45,5)6)53-44-28-23-40(19-15-11-3)36-51(44)60-54(53)57/h21-30,33-37H,9-20,31-32H2,1-8H3. The predicted octanol–water partition coefficient (Wildman–Crippen LogP) is 14.7. The van der Waals surface area contributed by atoms with Crippen LogP contribution in [0, 0.1) is 0 Å². The first kappa shape index (κ1) is 41.1. The molecule has 1 aromatic heterocycles. The fourth-order valence-corrected chi connectivity index (χ4v) is 12.1. The van der Waals surface area contributed by atoms with Gasteiger partial charge in [-0.1, -0.05) is 124 Å². The first-order valence-corrected chi connectivity index (χ1v) is 24.6. The zero-order chi connectivity index (χ0) is 41.8. The van der Waals surface area contributed by atoms with Gasteiger partial charge in [0.15, 0.2) is 0 Å². The number of hydrogen-bond donors (Lipinski definition) is 0. The van der Waals surface area contributed by atoms with Crippen LogP contribution in [-0.2, 0) is 36.5 Å². The summed E-state index contributed by atoms with van der Waals surface area (Å²) in [5, 5.41) is 1.40. The molecular formula is C56H67BN2S. The Kier molecular flexibility index (Phi) is 11.3. The zero-order valence-corrected chi connectivity index (χ0v) is 38.8. The molecule has 310 valence electrons. The summed E-state index contributed by atoms with van der Waals surface area (Å²) in [6.45, 7) is 19.3. The van der Waals surface area contributed by atoms with Gasteiger partial charge in [-0.3, -0.25) is 0 Å². The summed E-state index contributed by atoms with van der Waals surface area (Å²) < 4.78 is 2.92. The molecule has 2 nitrogen and oxygen atoms in total. The highest BCUT2D eigenvalue weighted by atomic mass is 32.1. The second kappa shape index (κ2) is 16.5. The lowest BCUT2D eigenvalue weighted by molar-refractivity contribution is 0.332. The first-order valence-electron chi connectivity index (χ1n) is 23.8. The van der Waals surface area contributed by atoms with E-state index in [1.54, 1.807) is 0 Å². The van der Waals surface area contributed by atoms with E-state index in [-0.39, 0.29) is 17.5 Å². The molecule has 0 saturated carbocycles. The Balaban J connectivity index is 1.35. The summed E-state index contributed by atoms with van der Waals surface area (Å²) in [7, 11) is 0. The number of aryl methyl sites for hydroxylation is 4. The van der Waals surface area contributed by atoms with Gasteiger partial charge in [0.25, 0.3) is 6.71 Å². The number of unbranched alkanes of at least 4 members (excludes halogenated alkanes) is 4. The first-order chi connectivity index (χ1) is 29.1. The average Bonchev–Trinajstić information content (AvgIpc) is 3.63. The van der Waals surface area contributed by atoms with Crippen LogP contribution in [0.4, 0.5) is 34.1 Å². The van der Waals surface area contributed by atoms with Crippen molar-refractivity contribution in [2.24, 2.45) is 0 Å². The lowest BCUT2D eigenvalue weighted by Gasteiger charge is -2.45. The minimum Gasteiger partial charge on any atom is -0.311 e. The van der Waals surface area contributed by atoms with Crippen molar-refractivity contribution in [1.82, 2.24) is 0 Å². The highest BCUT2D eigenvalue weighted by Crippen LogP contribution is 2.52. The van der Waals surface area contributed by atoms with Crippen molar-refractivity contribution >= 4 is 78.0 Å². The van der Waals surface area contributed by atoms with Crippen molar-refractivity contribution in [3.8, 4) is 0 Å². The molecule has 0 unspecified atom stereocenters. The Morgan fingerprint density at radius 3 is 1.73 bits per heavy atom. The van der Waals surface area contributed by atoms with Crippen molar-refractivity contribution in [1.29, 1.82) is 0 Å². The molecule has 3 heterocycles. The molecule has 2 aliphatic heterocycles. The molecule has 0 spiro atoms. The minimum atomic E-state index is 0.114. The van der Waals surface area contributed by atoms with Crippen LogP contribution in [0.15, 0.2) is 91.0 Å². The summed E-state index contributed by atoms with van der Waals surface area (Å²) in [4.78, 5) is 5.38. The minimum absolute atomic E-state index is 0.114. The Morgan fingerprint density at radius 1 is 0.517 bits per heavy atom. The lowest BCUT2D eigenvalue weighted by Crippen LogP contribution is -2.60. The molecule has 0 bridgehead atoms. The van der Waals surface area contributed by atoms with E-state index >= 15 is 0 Å². The zero-order valence-electron chi connectivity index (χ0n) is 37.9. The summed E-state index contributed by atoms with van der Waals surface area (Å²) in [6, 6.07) is 37.3. The van der Waals surface area contributed by atoms with E-state index in [0.717, 1.165) is 25.7 Å². The Labute approximate surface area is 366 Å². The van der Waals surface area contributed by atoms with Gasteiger partial charge in [0.1, 0.15) is 0 Å². The quantitative estimate of drug-likeness (QED) is 0.101. The summed E-state index contributed by atoms with van der Waals surface area (Å²) in [6.07, 6.45) is 16.6. The van der Waals surface area contributed by atoms with E-state index in [1.807, 2.05) is 0 Å². The van der Waals surface area contributed by atoms with Crippen LogP contribution in [0.3, 0.4) is 0 Å². The summed E-state index contributed by atoms with van der Waals surface area (Å²) in [5.74, 6) is 0. The average molecular weight is 811 g/mol. The van der Waals surface area contributed by atoms with Crippen LogP contribution in [-0.4, -0.2) is 6.71 Å². The molecule has 9 rings (SSSR count). The highest BCUT2D eigenvalue weighted by Gasteiger charge is 2.46. The molecule has 0 saturated heterocycles. The SMILES string of the molecule is CCCCc1ccc(N2c3ccc(CCCC)cc3B3c4sc5cc(CCCC)ccc5c4N(c4ccc5c(c4)C(C)(C)CCC5(C)C)c4cc(CCCC)cc2c43)cc1. The van der Waals surface area contributed by atoms with E-state index < -0.39 is 0 Å². The predicted molar refractivity (Wildman–Crippen MR) is 266 cm³/mol. The smallest absolute Gasteiger partial charge is 0.264 e. The van der Waals surface area contributed by atoms with Crippen LogP contribution >= 0.6 is 11.3 Å². The molecule has 1 aliphatic carbocycles. The van der Waals surface area contributed by atoms with E-state index in [4.69, 9.17) is 0 Å². The van der Waals surface area contributed by atoms with Gasteiger partial charge >= 0.3 is 0 Å². The molecule has 5 aromatic carbocycles. The van der Waals surface area contributed by atoms with Gasteiger partial charge in [0, 0.05) is 43.3 Å². The van der Waals surface area contributed by atoms with E-state index in [9.17, 15) is 0 Å². The van der Waals surface area contributed by atoms with Crippen molar-refractivity contribution in [2.75, 3.05) is 9.80 Å². The lowest BCUT2D eigenvalue weighted by atomic mass is 9.36. The largest absolute Gasteiger partial charge is 0.311 e. The van der Waals surface area contributed by atoms with E-state index in [0.29, 0.717) is 0 Å². The van der Waals surface area contributed by atoms with Gasteiger partial charge in [0.05, 0.1) is 5.69 Å². The number of thiophene rings is 1. The number of anilines is 6. The molecule has 6 aromatic rings. The topological polar surface area (TPSA) is 6.48 Å². The molecule has 0 N–H and O–H groups in total. The molecule has 0 radical (unpaired) electrons. The van der Waals surface area contributed by atoms with Crippen LogP contribution in [0.1, 0.15) is 153 Å². The van der Waals surface area contributed by atoms with Gasteiger partial charge < -0.3 is 9.80 Å². The Bertz CT molecular complexity index is 2520. The maximum Gasteiger partial charge on any atom is 0.264 e. The summed E-state index contributed by atoms with van der Waals surface area (Å²) in [5.41, 5.74) is 20.1. The number of benzene rings is 5. The molecule has 0 amide bonds. The Hall–Kier alpha value is -4.28. The Morgan fingerprint density at radius 2 is 1.07 bits per heavy atom. The normalized spacial score (nSPS) is 15.8. The van der Waals surface area contributed by atoms with E-state index in [2.05, 4.69) is 168 Å². The van der Waals surface area contributed by atoms with Gasteiger partial charge in [-0.2, -0.15) is 0 Å². The molecule has 4 heteroatoms. The van der Waals surface area contributed by atoms with Crippen LogP contribution < -0.4 is 25.5 Å². The van der Waals surface area contributed by atoms with Crippen LogP contribution in [0.5, 0.6) is 0 Å². The molecule has 0 atom stereocenters. The van der Waals surface area contributed by atoms with Gasteiger partial charge in [-0.05, 0) is 168 Å². The van der Waals surface area contributed by atoms with Crippen LogP contribution in [0.25, 0.3) is 10.1 Å². The maximum atomic E-state index is 2.74. The third kappa shape index (κ3) is 7.23. The van der Waals surface area contributed by atoms with Crippen molar-refractivity contribution < 1.29 is 0 Å². The monoisotopic (exact) mass is 811 g/mol. The third-order valence-corrected chi connectivity index (χ3v) is 15.6. The molecule has 3 aliphatic rings. The number of nitrogens with zero attached hydrogens (tertiary/aromatic N) is 2. The fraction of sp³-hybridized carbons (Fsp3) is 0.429. The van der Waals surface area contributed by atoms with Crippen molar-refractivity contribution in [3.05, 3.63) is 124 Å². The number of fused-ring (bicyclic) bond motifs is 7. The highest BCUT2D eigenvalue weighted by molar-refractivity contribution is 7.33. The summed E-state index contributed by atoms with van der Waals surface area (Å²) >= 11 is 2.06. The number of hydrogen-bond acceptors (Lipinski definition) is 3. The molecule has 60 heavy (non-hydrogen) atoms. The van der Waals surface area contributed by atoms with Crippen LogP contribution in [0.2, 0.25) is 0 Å².